The third kappa shape index (κ3) is 9.19. The second-order valence-corrected chi connectivity index (χ2v) is 13.8. The SMILES string of the molecule is CCCc1cn2c3c(cc(C(=O)N[C@@H](Cc4ccccc4)[C@H](O)CNCc4cccc(C(F)(F)F)c4)cc13)N(CC)S(=O)(=O)CC2.O=CO. The van der Waals surface area contributed by atoms with E-state index in [1.54, 1.807) is 25.1 Å². The van der Waals surface area contributed by atoms with Gasteiger partial charge in [0, 0.05) is 43.3 Å². The Bertz CT molecular complexity index is 1850. The number of alkyl halides is 3. The van der Waals surface area contributed by atoms with Crippen LogP contribution in [0.25, 0.3) is 10.9 Å². The van der Waals surface area contributed by atoms with E-state index >= 15 is 0 Å². The molecule has 264 valence electrons. The van der Waals surface area contributed by atoms with Gasteiger partial charge in [-0.15, -0.1) is 0 Å². The number of halogens is 3. The van der Waals surface area contributed by atoms with Gasteiger partial charge in [0.2, 0.25) is 10.0 Å². The van der Waals surface area contributed by atoms with Gasteiger partial charge in [0.25, 0.3) is 12.4 Å². The molecule has 1 aliphatic heterocycles. The number of aromatic nitrogens is 1. The number of rotatable bonds is 12. The lowest BCUT2D eigenvalue weighted by Crippen LogP contribution is -2.48. The van der Waals surface area contributed by atoms with Crippen molar-refractivity contribution in [3.63, 3.8) is 0 Å². The number of nitrogens with one attached hydrogen (secondary N) is 2. The smallest absolute Gasteiger partial charge is 0.416 e. The predicted molar refractivity (Wildman–Crippen MR) is 182 cm³/mol. The number of benzene rings is 3. The number of hydrogen-bond donors (Lipinski definition) is 4. The largest absolute Gasteiger partial charge is 0.483 e. The van der Waals surface area contributed by atoms with Crippen LogP contribution in [0.4, 0.5) is 18.9 Å². The first-order chi connectivity index (χ1) is 23.3. The van der Waals surface area contributed by atoms with Gasteiger partial charge < -0.3 is 25.4 Å². The molecule has 1 amide bonds. The Morgan fingerprint density at radius 3 is 2.39 bits per heavy atom. The minimum absolute atomic E-state index is 0.00364. The molecular formula is C35H41F3N4O6S. The molecule has 4 N–H and O–H groups in total. The van der Waals surface area contributed by atoms with Crippen LogP contribution in [0.1, 0.15) is 52.9 Å². The molecule has 3 aromatic carbocycles. The van der Waals surface area contributed by atoms with Crippen LogP contribution in [0, 0.1) is 0 Å². The average molecular weight is 703 g/mol. The number of aliphatic hydroxyl groups excluding tert-OH is 1. The molecule has 0 aliphatic carbocycles. The summed E-state index contributed by atoms with van der Waals surface area (Å²) in [5.74, 6) is -0.519. The predicted octanol–water partition coefficient (Wildman–Crippen LogP) is 4.97. The van der Waals surface area contributed by atoms with Gasteiger partial charge in [0.1, 0.15) is 0 Å². The molecule has 0 saturated heterocycles. The Labute approximate surface area is 283 Å². The molecule has 2 atom stereocenters. The number of carbonyl (C=O) groups is 2. The number of sulfonamides is 1. The Morgan fingerprint density at radius 1 is 1.04 bits per heavy atom. The third-order valence-corrected chi connectivity index (χ3v) is 10.1. The van der Waals surface area contributed by atoms with Crippen LogP contribution in [-0.4, -0.2) is 66.6 Å². The first kappa shape index (κ1) is 37.4. The number of hydrogen-bond acceptors (Lipinski definition) is 6. The van der Waals surface area contributed by atoms with Crippen molar-refractivity contribution in [1.82, 2.24) is 15.2 Å². The summed E-state index contributed by atoms with van der Waals surface area (Å²) in [5.41, 5.74) is 3.07. The fourth-order valence-electron chi connectivity index (χ4n) is 6.06. The molecule has 10 nitrogen and oxygen atoms in total. The summed E-state index contributed by atoms with van der Waals surface area (Å²) in [4.78, 5) is 22.3. The van der Waals surface area contributed by atoms with E-state index in [4.69, 9.17) is 9.90 Å². The monoisotopic (exact) mass is 702 g/mol. The Morgan fingerprint density at radius 2 is 1.73 bits per heavy atom. The van der Waals surface area contributed by atoms with E-state index in [9.17, 15) is 31.5 Å². The quantitative estimate of drug-likeness (QED) is 0.153. The highest BCUT2D eigenvalue weighted by atomic mass is 32.2. The maximum atomic E-state index is 13.9. The fraction of sp³-hybridized carbons (Fsp3) is 0.371. The number of aliphatic hydroxyl groups is 1. The third-order valence-electron chi connectivity index (χ3n) is 8.31. The molecular weight excluding hydrogens is 661 g/mol. The summed E-state index contributed by atoms with van der Waals surface area (Å²) in [6, 6.07) is 16.9. The van der Waals surface area contributed by atoms with E-state index in [1.807, 2.05) is 41.1 Å². The van der Waals surface area contributed by atoms with Gasteiger partial charge in [-0.05, 0) is 54.7 Å². The topological polar surface area (TPSA) is 141 Å². The number of carbonyl (C=O) groups excluding carboxylic acids is 1. The van der Waals surface area contributed by atoms with Crippen molar-refractivity contribution in [2.45, 2.75) is 64.5 Å². The lowest BCUT2D eigenvalue weighted by molar-refractivity contribution is -0.137. The van der Waals surface area contributed by atoms with Crippen molar-refractivity contribution in [1.29, 1.82) is 0 Å². The van der Waals surface area contributed by atoms with Crippen LogP contribution >= 0.6 is 0 Å². The minimum atomic E-state index is -4.46. The van der Waals surface area contributed by atoms with Crippen LogP contribution < -0.4 is 14.9 Å². The standard InChI is InChI=1S/C34H39F3N4O4S.CH2O2/c1-3-9-25-22-40-14-15-46(44,45)41(4-2)30-19-26(18-28(25)32(30)40)33(43)39-29(17-23-10-6-5-7-11-23)31(42)21-38-20-24-12-8-13-27(16-24)34(35,36)37;2-1-3/h5-8,10-13,16,18-19,22,29,31,38,42H,3-4,9,14-15,17,20-21H2,1-2H3,(H,39,43);1H,(H,2,3)/t29-,31+;/m0./s1. The van der Waals surface area contributed by atoms with Gasteiger partial charge in [-0.1, -0.05) is 61.9 Å². The second-order valence-electron chi connectivity index (χ2n) is 11.7. The van der Waals surface area contributed by atoms with E-state index < -0.39 is 39.8 Å². The van der Waals surface area contributed by atoms with Crippen molar-refractivity contribution in [3.05, 3.63) is 101 Å². The summed E-state index contributed by atoms with van der Waals surface area (Å²) in [6.45, 7) is 4.20. The molecule has 0 fully saturated rings. The van der Waals surface area contributed by atoms with Gasteiger partial charge in [0.15, 0.2) is 0 Å². The van der Waals surface area contributed by atoms with Crippen LogP contribution in [-0.2, 0) is 46.9 Å². The van der Waals surface area contributed by atoms with Gasteiger partial charge in [-0.2, -0.15) is 13.2 Å². The highest BCUT2D eigenvalue weighted by Crippen LogP contribution is 2.36. The minimum Gasteiger partial charge on any atom is -0.483 e. The molecule has 2 heterocycles. The van der Waals surface area contributed by atoms with Crippen molar-refractivity contribution < 1.29 is 41.4 Å². The van der Waals surface area contributed by atoms with Crippen LogP contribution in [0.5, 0.6) is 0 Å². The molecule has 14 heteroatoms. The highest BCUT2D eigenvalue weighted by molar-refractivity contribution is 7.92. The van der Waals surface area contributed by atoms with E-state index in [-0.39, 0.29) is 37.4 Å². The average Bonchev–Trinajstić information content (AvgIpc) is 3.36. The number of aryl methyl sites for hydroxylation is 2. The van der Waals surface area contributed by atoms with Gasteiger partial charge in [0.05, 0.1) is 34.7 Å². The molecule has 49 heavy (non-hydrogen) atoms. The zero-order valence-corrected chi connectivity index (χ0v) is 28.1. The maximum Gasteiger partial charge on any atom is 0.416 e. The number of nitrogens with zero attached hydrogens (tertiary/aromatic N) is 2. The molecule has 5 rings (SSSR count). The Balaban J connectivity index is 0.00000174. The van der Waals surface area contributed by atoms with E-state index in [0.717, 1.165) is 47.0 Å². The van der Waals surface area contributed by atoms with Crippen LogP contribution in [0.2, 0.25) is 0 Å². The number of carboxylic acid groups (broad SMARTS) is 1. The summed E-state index contributed by atoms with van der Waals surface area (Å²) in [7, 11) is -3.61. The van der Waals surface area contributed by atoms with Crippen molar-refractivity contribution in [2.24, 2.45) is 0 Å². The molecule has 4 aromatic rings. The summed E-state index contributed by atoms with van der Waals surface area (Å²) in [5, 5.41) is 25.0. The first-order valence-corrected chi connectivity index (χ1v) is 17.6. The van der Waals surface area contributed by atoms with Crippen molar-refractivity contribution >= 4 is 39.0 Å². The molecule has 0 unspecified atom stereocenters. The molecule has 0 radical (unpaired) electrons. The molecule has 0 spiro atoms. The summed E-state index contributed by atoms with van der Waals surface area (Å²) < 4.78 is 69.2. The molecule has 0 saturated carbocycles. The van der Waals surface area contributed by atoms with Crippen molar-refractivity contribution in [3.8, 4) is 0 Å². The lowest BCUT2D eigenvalue weighted by atomic mass is 9.99. The zero-order chi connectivity index (χ0) is 35.8. The van der Waals surface area contributed by atoms with E-state index in [0.29, 0.717) is 24.2 Å². The van der Waals surface area contributed by atoms with Gasteiger partial charge >= 0.3 is 6.18 Å². The van der Waals surface area contributed by atoms with Gasteiger partial charge in [-0.3, -0.25) is 13.9 Å². The maximum absolute atomic E-state index is 13.9. The number of amides is 1. The van der Waals surface area contributed by atoms with E-state index in [1.165, 1.54) is 10.4 Å². The normalized spacial score (nSPS) is 15.1. The van der Waals surface area contributed by atoms with E-state index in [2.05, 4.69) is 17.6 Å². The van der Waals surface area contributed by atoms with Crippen LogP contribution in [0.3, 0.4) is 0 Å². The van der Waals surface area contributed by atoms with Crippen molar-refractivity contribution in [2.75, 3.05) is 23.1 Å². The molecule has 1 aliphatic rings. The Hall–Kier alpha value is -4.40. The number of anilines is 1. The van der Waals surface area contributed by atoms with Gasteiger partial charge in [-0.25, -0.2) is 8.42 Å². The lowest BCUT2D eigenvalue weighted by Gasteiger charge is -2.26. The zero-order valence-electron chi connectivity index (χ0n) is 27.3. The molecule has 0 bridgehead atoms. The fourth-order valence-corrected chi connectivity index (χ4v) is 7.54. The van der Waals surface area contributed by atoms with Crippen LogP contribution in [0.15, 0.2) is 72.9 Å². The molecule has 1 aromatic heterocycles. The summed E-state index contributed by atoms with van der Waals surface area (Å²) >= 11 is 0. The Kier molecular flexibility index (Phi) is 12.5. The summed E-state index contributed by atoms with van der Waals surface area (Å²) in [6.07, 6.45) is -1.64. The highest BCUT2D eigenvalue weighted by Gasteiger charge is 2.32. The second kappa shape index (κ2) is 16.3. The first-order valence-electron chi connectivity index (χ1n) is 16.0.